The minimum atomic E-state index is -0.496. The van der Waals surface area contributed by atoms with Crippen LogP contribution in [0.15, 0.2) is 78.9 Å². The molecule has 4 rings (SSSR count). The molecule has 0 aliphatic carbocycles. The maximum absolute atomic E-state index is 14.0. The average molecular weight is 376 g/mol. The molecule has 0 radical (unpaired) electrons. The first kappa shape index (κ1) is 17.4. The van der Waals surface area contributed by atoms with E-state index in [0.29, 0.717) is 6.42 Å². The van der Waals surface area contributed by atoms with E-state index in [1.54, 1.807) is 18.2 Å². The van der Waals surface area contributed by atoms with E-state index in [4.69, 9.17) is 0 Å². The fourth-order valence-corrected chi connectivity index (χ4v) is 4.03. The van der Waals surface area contributed by atoms with Crippen LogP contribution in [0.5, 0.6) is 0 Å². The minimum absolute atomic E-state index is 0.182. The Balaban J connectivity index is 1.68. The molecule has 0 aliphatic heterocycles. The standard InChI is InChI=1S/C22H17FN2OS/c23-17-10-4-5-11-18(17)24-21(26)16(14-15-8-2-1-3-9-15)22-25-19-12-6-7-13-20(19)27-22/h1-13,16H,14H2,(H,24,26)/t16-/m0/s1. The van der Waals surface area contributed by atoms with Crippen molar-refractivity contribution in [1.82, 2.24) is 4.98 Å². The Morgan fingerprint density at radius 1 is 0.963 bits per heavy atom. The molecule has 1 amide bonds. The molecule has 0 saturated carbocycles. The second kappa shape index (κ2) is 7.68. The summed E-state index contributed by atoms with van der Waals surface area (Å²) in [7, 11) is 0. The van der Waals surface area contributed by atoms with Gasteiger partial charge in [0.05, 0.1) is 21.8 Å². The Labute approximate surface area is 160 Å². The molecule has 4 aromatic rings. The smallest absolute Gasteiger partial charge is 0.234 e. The Morgan fingerprint density at radius 2 is 1.67 bits per heavy atom. The zero-order valence-corrected chi connectivity index (χ0v) is 15.2. The number of fused-ring (bicyclic) bond motifs is 1. The van der Waals surface area contributed by atoms with Gasteiger partial charge in [0, 0.05) is 0 Å². The number of thiazole rings is 1. The van der Waals surface area contributed by atoms with Crippen molar-refractivity contribution in [3.05, 3.63) is 95.3 Å². The number of benzene rings is 3. The fraction of sp³-hybridized carbons (Fsp3) is 0.0909. The lowest BCUT2D eigenvalue weighted by atomic mass is 9.99. The molecule has 3 nitrogen and oxygen atoms in total. The van der Waals surface area contributed by atoms with Crippen LogP contribution in [0.2, 0.25) is 0 Å². The van der Waals surface area contributed by atoms with Crippen LogP contribution in [-0.4, -0.2) is 10.9 Å². The van der Waals surface area contributed by atoms with Crippen LogP contribution in [0, 0.1) is 5.82 Å². The summed E-state index contributed by atoms with van der Waals surface area (Å²) in [6.07, 6.45) is 0.501. The first-order valence-corrected chi connectivity index (χ1v) is 9.47. The largest absolute Gasteiger partial charge is 0.323 e. The molecule has 0 unspecified atom stereocenters. The summed E-state index contributed by atoms with van der Waals surface area (Å²) in [5, 5.41) is 3.46. The maximum atomic E-state index is 14.0. The number of nitrogens with zero attached hydrogens (tertiary/aromatic N) is 1. The third-order valence-corrected chi connectivity index (χ3v) is 5.49. The lowest BCUT2D eigenvalue weighted by Gasteiger charge is -2.15. The topological polar surface area (TPSA) is 42.0 Å². The Bertz CT molecular complexity index is 1040. The van der Waals surface area contributed by atoms with Gasteiger partial charge in [0.15, 0.2) is 0 Å². The lowest BCUT2D eigenvalue weighted by Crippen LogP contribution is -2.23. The van der Waals surface area contributed by atoms with Crippen LogP contribution < -0.4 is 5.32 Å². The molecular formula is C22H17FN2OS. The number of anilines is 1. The van der Waals surface area contributed by atoms with Crippen molar-refractivity contribution < 1.29 is 9.18 Å². The molecule has 0 fully saturated rings. The number of hydrogen-bond donors (Lipinski definition) is 1. The van der Waals surface area contributed by atoms with Gasteiger partial charge in [0.1, 0.15) is 10.8 Å². The van der Waals surface area contributed by atoms with Gasteiger partial charge in [-0.25, -0.2) is 9.37 Å². The maximum Gasteiger partial charge on any atom is 0.234 e. The summed E-state index contributed by atoms with van der Waals surface area (Å²) < 4.78 is 15.0. The van der Waals surface area contributed by atoms with E-state index >= 15 is 0 Å². The van der Waals surface area contributed by atoms with E-state index in [0.717, 1.165) is 20.8 Å². The summed E-state index contributed by atoms with van der Waals surface area (Å²) in [4.78, 5) is 17.7. The predicted molar refractivity (Wildman–Crippen MR) is 108 cm³/mol. The van der Waals surface area contributed by atoms with Gasteiger partial charge in [0.2, 0.25) is 5.91 Å². The van der Waals surface area contributed by atoms with Gasteiger partial charge >= 0.3 is 0 Å². The Morgan fingerprint density at radius 3 is 2.44 bits per heavy atom. The molecule has 134 valence electrons. The molecule has 0 bridgehead atoms. The van der Waals surface area contributed by atoms with Crippen LogP contribution in [-0.2, 0) is 11.2 Å². The van der Waals surface area contributed by atoms with Crippen molar-refractivity contribution in [3.63, 3.8) is 0 Å². The van der Waals surface area contributed by atoms with Gasteiger partial charge in [-0.2, -0.15) is 0 Å². The second-order valence-corrected chi connectivity index (χ2v) is 7.29. The summed E-state index contributed by atoms with van der Waals surface area (Å²) in [5.74, 6) is -1.21. The molecule has 1 heterocycles. The molecule has 27 heavy (non-hydrogen) atoms. The van der Waals surface area contributed by atoms with Gasteiger partial charge in [-0.05, 0) is 36.2 Å². The van der Waals surface area contributed by atoms with Crippen molar-refractivity contribution in [2.24, 2.45) is 0 Å². The molecule has 0 aliphatic rings. The molecular weight excluding hydrogens is 359 g/mol. The number of amides is 1. The SMILES string of the molecule is O=C(Nc1ccccc1F)[C@H](Cc1ccccc1)c1nc2ccccc2s1. The van der Waals surface area contributed by atoms with Crippen molar-refractivity contribution in [2.75, 3.05) is 5.32 Å². The molecule has 3 aromatic carbocycles. The van der Waals surface area contributed by atoms with Crippen molar-refractivity contribution in [2.45, 2.75) is 12.3 Å². The highest BCUT2D eigenvalue weighted by atomic mass is 32.1. The number of carbonyl (C=O) groups excluding carboxylic acids is 1. The van der Waals surface area contributed by atoms with Crippen molar-refractivity contribution >= 4 is 33.1 Å². The molecule has 0 spiro atoms. The highest BCUT2D eigenvalue weighted by Crippen LogP contribution is 2.31. The van der Waals surface area contributed by atoms with E-state index < -0.39 is 11.7 Å². The predicted octanol–water partition coefficient (Wildman–Crippen LogP) is 5.40. The number of aromatic nitrogens is 1. The van der Waals surface area contributed by atoms with E-state index in [1.807, 2.05) is 54.6 Å². The van der Waals surface area contributed by atoms with E-state index in [-0.39, 0.29) is 11.6 Å². The van der Waals surface area contributed by atoms with Crippen LogP contribution in [0.1, 0.15) is 16.5 Å². The van der Waals surface area contributed by atoms with Crippen LogP contribution in [0.25, 0.3) is 10.2 Å². The number of carbonyl (C=O) groups is 1. The number of para-hydroxylation sites is 2. The monoisotopic (exact) mass is 376 g/mol. The molecule has 5 heteroatoms. The zero-order chi connectivity index (χ0) is 18.6. The Kier molecular flexibility index (Phi) is 4.94. The van der Waals surface area contributed by atoms with Gasteiger partial charge in [-0.1, -0.05) is 54.6 Å². The first-order valence-electron chi connectivity index (χ1n) is 8.65. The number of hydrogen-bond acceptors (Lipinski definition) is 3. The minimum Gasteiger partial charge on any atom is -0.323 e. The molecule has 1 atom stereocenters. The number of halogens is 1. The normalized spacial score (nSPS) is 12.0. The molecule has 1 N–H and O–H groups in total. The highest BCUT2D eigenvalue weighted by molar-refractivity contribution is 7.18. The van der Waals surface area contributed by atoms with Crippen LogP contribution in [0.4, 0.5) is 10.1 Å². The number of rotatable bonds is 5. The lowest BCUT2D eigenvalue weighted by molar-refractivity contribution is -0.117. The molecule has 0 saturated heterocycles. The van der Waals surface area contributed by atoms with E-state index in [1.165, 1.54) is 17.4 Å². The van der Waals surface area contributed by atoms with Gasteiger partial charge < -0.3 is 5.32 Å². The van der Waals surface area contributed by atoms with Crippen LogP contribution in [0.3, 0.4) is 0 Å². The summed E-state index contributed by atoms with van der Waals surface area (Å²) in [5.41, 5.74) is 2.08. The third kappa shape index (κ3) is 3.88. The first-order chi connectivity index (χ1) is 13.2. The third-order valence-electron chi connectivity index (χ3n) is 4.34. The second-order valence-electron chi connectivity index (χ2n) is 6.23. The van der Waals surface area contributed by atoms with Crippen LogP contribution >= 0.6 is 11.3 Å². The highest BCUT2D eigenvalue weighted by Gasteiger charge is 2.25. The summed E-state index contributed by atoms with van der Waals surface area (Å²) >= 11 is 1.50. The van der Waals surface area contributed by atoms with Gasteiger partial charge in [0.25, 0.3) is 0 Å². The van der Waals surface area contributed by atoms with Gasteiger partial charge in [-0.3, -0.25) is 4.79 Å². The summed E-state index contributed by atoms with van der Waals surface area (Å²) in [6.45, 7) is 0. The van der Waals surface area contributed by atoms with E-state index in [9.17, 15) is 9.18 Å². The molecule has 1 aromatic heterocycles. The van der Waals surface area contributed by atoms with Crippen molar-refractivity contribution in [1.29, 1.82) is 0 Å². The Hall–Kier alpha value is -3.05. The quantitative estimate of drug-likeness (QED) is 0.507. The fourth-order valence-electron chi connectivity index (χ4n) is 2.96. The summed E-state index contributed by atoms with van der Waals surface area (Å²) in [6, 6.07) is 23.8. The number of nitrogens with one attached hydrogen (secondary N) is 1. The average Bonchev–Trinajstić information content (AvgIpc) is 3.12. The van der Waals surface area contributed by atoms with Crippen molar-refractivity contribution in [3.8, 4) is 0 Å². The van der Waals surface area contributed by atoms with Gasteiger partial charge in [-0.15, -0.1) is 11.3 Å². The zero-order valence-electron chi connectivity index (χ0n) is 14.4. The van der Waals surface area contributed by atoms with E-state index in [2.05, 4.69) is 10.3 Å².